The first-order valence-electron chi connectivity index (χ1n) is 29.0. The van der Waals surface area contributed by atoms with Crippen LogP contribution in [0.3, 0.4) is 0 Å². The van der Waals surface area contributed by atoms with Crippen molar-refractivity contribution in [2.75, 3.05) is 9.80 Å². The number of nitrogens with zero attached hydrogens (tertiary/aromatic N) is 2. The fraction of sp³-hybridized carbons (Fsp3) is 0.478. The van der Waals surface area contributed by atoms with Crippen LogP contribution in [0.2, 0.25) is 0 Å². The van der Waals surface area contributed by atoms with Gasteiger partial charge in [0.05, 0.1) is 0 Å². The van der Waals surface area contributed by atoms with E-state index < -0.39 is 0 Å². The number of anilines is 6. The van der Waals surface area contributed by atoms with Crippen molar-refractivity contribution in [3.63, 3.8) is 0 Å². The predicted molar refractivity (Wildman–Crippen MR) is 320 cm³/mol. The Kier molecular flexibility index (Phi) is 14.3. The Balaban J connectivity index is 1.07. The lowest BCUT2D eigenvalue weighted by molar-refractivity contribution is 0.188. The molecule has 0 spiro atoms. The number of benzene rings is 6. The average molecular weight is 1100 g/mol. The van der Waals surface area contributed by atoms with Gasteiger partial charge >= 0.3 is 0 Å². The third kappa shape index (κ3) is 9.31. The van der Waals surface area contributed by atoms with Gasteiger partial charge in [0, 0.05) is 48.5 Å². The van der Waals surface area contributed by atoms with Crippen molar-refractivity contribution in [1.29, 1.82) is 0 Å². The molecule has 0 heterocycles. The van der Waals surface area contributed by atoms with Crippen molar-refractivity contribution in [3.8, 4) is 11.1 Å². The Bertz CT molecular complexity index is 2730. The van der Waals surface area contributed by atoms with Gasteiger partial charge in [-0.25, -0.2) is 0 Å². The average Bonchev–Trinajstić information content (AvgIpc) is 3.66. The molecule has 0 aromatic heterocycles. The topological polar surface area (TPSA) is 6.48 Å². The smallest absolute Gasteiger partial charge is 0.0465 e. The van der Waals surface area contributed by atoms with Crippen LogP contribution >= 0.6 is 31.9 Å². The first kappa shape index (κ1) is 51.0. The highest BCUT2D eigenvalue weighted by molar-refractivity contribution is 9.10. The molecule has 2 fully saturated rings. The molecular formula is C69H82Br2N2. The number of halogens is 2. The summed E-state index contributed by atoms with van der Waals surface area (Å²) in [6.07, 6.45) is 28.3. The van der Waals surface area contributed by atoms with E-state index in [-0.39, 0.29) is 27.1 Å². The third-order valence-electron chi connectivity index (χ3n) is 20.0. The SMILES string of the molecule is CCCCCCCCC1(CCCCCCCC)c2cc(N(c3ccc(Br)cc3)c3ccc4c(c3)C3(C)CCC4(C)CC3)ccc2-c2ccc(N(c3ccc(Br)cc3)c3ccc4c(c3)C3(C)CCC4(C)CC3)cc21. The minimum Gasteiger partial charge on any atom is -0.310 e. The van der Waals surface area contributed by atoms with Crippen LogP contribution in [0.4, 0.5) is 34.1 Å². The molecule has 382 valence electrons. The van der Waals surface area contributed by atoms with Crippen molar-refractivity contribution in [2.45, 2.75) is 210 Å². The van der Waals surface area contributed by atoms with Gasteiger partial charge in [-0.05, 0) is 227 Å². The molecule has 0 aliphatic heterocycles. The highest BCUT2D eigenvalue weighted by atomic mass is 79.9. The summed E-state index contributed by atoms with van der Waals surface area (Å²) in [4.78, 5) is 5.18. The van der Waals surface area contributed by atoms with Gasteiger partial charge in [0.2, 0.25) is 0 Å². The monoisotopic (exact) mass is 1100 g/mol. The third-order valence-corrected chi connectivity index (χ3v) is 21.0. The Morgan fingerprint density at radius 3 is 0.973 bits per heavy atom. The lowest BCUT2D eigenvalue weighted by Crippen LogP contribution is -2.44. The van der Waals surface area contributed by atoms with Crippen LogP contribution in [-0.4, -0.2) is 0 Å². The summed E-state index contributed by atoms with van der Waals surface area (Å²) in [5.74, 6) is 0. The van der Waals surface area contributed by atoms with Gasteiger partial charge in [-0.2, -0.15) is 0 Å². The Morgan fingerprint density at radius 2 is 0.616 bits per heavy atom. The largest absolute Gasteiger partial charge is 0.310 e. The molecule has 0 saturated heterocycles. The number of fused-ring (bicyclic) bond motifs is 7. The van der Waals surface area contributed by atoms with E-state index >= 15 is 0 Å². The Hall–Kier alpha value is -4.12. The molecule has 0 atom stereocenters. The van der Waals surface area contributed by atoms with Crippen molar-refractivity contribution in [1.82, 2.24) is 0 Å². The molecular weight excluding hydrogens is 1020 g/mol. The van der Waals surface area contributed by atoms with Crippen molar-refractivity contribution < 1.29 is 0 Å². The van der Waals surface area contributed by atoms with Crippen molar-refractivity contribution >= 4 is 66.0 Å². The van der Waals surface area contributed by atoms with Gasteiger partial charge < -0.3 is 9.80 Å². The zero-order valence-corrected chi connectivity index (χ0v) is 48.4. The van der Waals surface area contributed by atoms with Crippen LogP contribution in [0.25, 0.3) is 11.1 Å². The summed E-state index contributed by atoms with van der Waals surface area (Å²) in [7, 11) is 0. The van der Waals surface area contributed by atoms with Crippen LogP contribution in [-0.2, 0) is 27.1 Å². The molecule has 7 aliphatic carbocycles. The van der Waals surface area contributed by atoms with Gasteiger partial charge in [0.1, 0.15) is 0 Å². The van der Waals surface area contributed by atoms with E-state index in [2.05, 4.69) is 205 Å². The van der Waals surface area contributed by atoms with E-state index in [1.54, 1.807) is 33.4 Å². The van der Waals surface area contributed by atoms with Crippen LogP contribution < -0.4 is 9.80 Å². The van der Waals surface area contributed by atoms with E-state index in [1.807, 2.05) is 0 Å². The summed E-state index contributed by atoms with van der Waals surface area (Å²) < 4.78 is 2.22. The van der Waals surface area contributed by atoms with Gasteiger partial charge in [0.25, 0.3) is 0 Å². The van der Waals surface area contributed by atoms with Gasteiger partial charge in [-0.1, -0.05) is 175 Å². The second kappa shape index (κ2) is 20.4. The standard InChI is InChI=1S/C69H82Br2N2/c1-7-9-11-13-15-17-35-69(36-18-16-14-12-10-8-2)61-45-53(72(51-23-19-49(70)20-24-51)55-29-33-59-63(47-55)67(5)41-37-65(59,3)38-42-67)27-31-57(61)58-32-28-54(46-62(58)69)73(52-25-21-50(71)22-26-52)56-30-34-60-64(48-56)68(6)43-39-66(60,4)40-44-68/h19-34,45-48H,7-18,35-44H2,1-6H3. The highest BCUT2D eigenvalue weighted by Crippen LogP contribution is 2.61. The fourth-order valence-electron chi connectivity index (χ4n) is 15.1. The van der Waals surface area contributed by atoms with Crippen LogP contribution in [0.5, 0.6) is 0 Å². The summed E-state index contributed by atoms with van der Waals surface area (Å²) in [5.41, 5.74) is 20.7. The molecule has 6 aromatic carbocycles. The number of hydrogen-bond donors (Lipinski definition) is 0. The van der Waals surface area contributed by atoms with E-state index in [4.69, 9.17) is 0 Å². The maximum absolute atomic E-state index is 3.80. The van der Waals surface area contributed by atoms with Gasteiger partial charge in [-0.3, -0.25) is 0 Å². The fourth-order valence-corrected chi connectivity index (χ4v) is 15.6. The van der Waals surface area contributed by atoms with Crippen molar-refractivity contribution in [3.05, 3.63) is 164 Å². The van der Waals surface area contributed by atoms with Crippen LogP contribution in [0.15, 0.2) is 130 Å². The summed E-state index contributed by atoms with van der Waals surface area (Å²) in [6, 6.07) is 48.6. The molecule has 6 aromatic rings. The maximum Gasteiger partial charge on any atom is 0.0465 e. The molecule has 0 N–H and O–H groups in total. The summed E-state index contributed by atoms with van der Waals surface area (Å²) in [6.45, 7) is 14.8. The lowest BCUT2D eigenvalue weighted by atomic mass is 9.52. The maximum atomic E-state index is 3.80. The molecule has 0 amide bonds. The van der Waals surface area contributed by atoms with E-state index in [0.717, 1.165) is 8.95 Å². The highest BCUT2D eigenvalue weighted by Gasteiger charge is 2.50. The summed E-state index contributed by atoms with van der Waals surface area (Å²) >= 11 is 7.61. The molecule has 2 nitrogen and oxygen atoms in total. The van der Waals surface area contributed by atoms with Crippen molar-refractivity contribution in [2.24, 2.45) is 0 Å². The quantitative estimate of drug-likeness (QED) is 0.0703. The molecule has 0 radical (unpaired) electrons. The Labute approximate surface area is 457 Å². The molecule has 7 aliphatic rings. The number of rotatable bonds is 20. The van der Waals surface area contributed by atoms with E-state index in [0.29, 0.717) is 0 Å². The van der Waals surface area contributed by atoms with Gasteiger partial charge in [0.15, 0.2) is 0 Å². The molecule has 2 saturated carbocycles. The molecule has 0 unspecified atom stereocenters. The first-order valence-corrected chi connectivity index (χ1v) is 30.6. The molecule has 4 heteroatoms. The van der Waals surface area contributed by atoms with Crippen LogP contribution in [0, 0.1) is 0 Å². The van der Waals surface area contributed by atoms with Crippen LogP contribution in [0.1, 0.15) is 216 Å². The molecule has 4 bridgehead atoms. The minimum absolute atomic E-state index is 0.114. The lowest BCUT2D eigenvalue weighted by Gasteiger charge is -2.52. The minimum atomic E-state index is -0.114. The van der Waals surface area contributed by atoms with E-state index in [1.165, 1.54) is 187 Å². The first-order chi connectivity index (χ1) is 35.3. The summed E-state index contributed by atoms with van der Waals surface area (Å²) in [5, 5.41) is 0. The second-order valence-electron chi connectivity index (χ2n) is 24.9. The second-order valence-corrected chi connectivity index (χ2v) is 26.7. The molecule has 73 heavy (non-hydrogen) atoms. The zero-order chi connectivity index (χ0) is 50.6. The number of unbranched alkanes of at least 4 members (excludes halogenated alkanes) is 10. The molecule has 13 rings (SSSR count). The Morgan fingerprint density at radius 1 is 0.329 bits per heavy atom. The zero-order valence-electron chi connectivity index (χ0n) is 45.3. The normalized spacial score (nSPS) is 23.7. The number of hydrogen-bond acceptors (Lipinski definition) is 2. The van der Waals surface area contributed by atoms with E-state index in [9.17, 15) is 0 Å². The van der Waals surface area contributed by atoms with Gasteiger partial charge in [-0.15, -0.1) is 0 Å². The predicted octanol–water partition coefficient (Wildman–Crippen LogP) is 22.1.